The second-order valence-electron chi connectivity index (χ2n) is 2.29. The highest BCUT2D eigenvalue weighted by Gasteiger charge is 1.95. The number of halogens is 1. The van der Waals surface area contributed by atoms with Crippen LogP contribution in [0.1, 0.15) is 5.56 Å². The highest BCUT2D eigenvalue weighted by molar-refractivity contribution is 9.10. The first-order valence-corrected chi connectivity index (χ1v) is 4.19. The second kappa shape index (κ2) is 4.11. The molecule has 2 N–H and O–H groups in total. The lowest BCUT2D eigenvalue weighted by Gasteiger charge is -2.00. The highest BCUT2D eigenvalue weighted by atomic mass is 79.9. The van der Waals surface area contributed by atoms with Crippen LogP contribution >= 0.6 is 15.9 Å². The van der Waals surface area contributed by atoms with Crippen LogP contribution < -0.4 is 5.32 Å². The van der Waals surface area contributed by atoms with Gasteiger partial charge in [-0.2, -0.15) is 0 Å². The lowest BCUT2D eigenvalue weighted by atomic mass is 10.2. The Morgan fingerprint density at radius 1 is 1.42 bits per heavy atom. The van der Waals surface area contributed by atoms with Crippen LogP contribution in [0.4, 0.5) is 4.79 Å². The molecule has 3 nitrogen and oxygen atoms in total. The van der Waals surface area contributed by atoms with Crippen molar-refractivity contribution >= 4 is 22.0 Å². The van der Waals surface area contributed by atoms with Crippen LogP contribution in [0.3, 0.4) is 0 Å². The summed E-state index contributed by atoms with van der Waals surface area (Å²) in [5, 5.41) is 10.6. The predicted molar refractivity (Wildman–Crippen MR) is 49.0 cm³/mol. The molecule has 4 heteroatoms. The number of rotatable bonds is 2. The first kappa shape index (κ1) is 9.06. The molecule has 0 aliphatic carbocycles. The first-order chi connectivity index (χ1) is 5.68. The molecule has 0 saturated heterocycles. The summed E-state index contributed by atoms with van der Waals surface area (Å²) in [6, 6.07) is 7.47. The summed E-state index contributed by atoms with van der Waals surface area (Å²) in [5.41, 5.74) is 0.945. The Balaban J connectivity index is 2.53. The van der Waals surface area contributed by atoms with Gasteiger partial charge in [0.05, 0.1) is 0 Å². The minimum atomic E-state index is -1.00. The summed E-state index contributed by atoms with van der Waals surface area (Å²) in [5.74, 6) is 0. The van der Waals surface area contributed by atoms with Crippen molar-refractivity contribution in [1.29, 1.82) is 0 Å². The van der Waals surface area contributed by atoms with Crippen LogP contribution in [0, 0.1) is 0 Å². The van der Waals surface area contributed by atoms with E-state index < -0.39 is 6.09 Å². The molecule has 0 aliphatic heterocycles. The molecule has 0 unspecified atom stereocenters. The molecular formula is C8H8BrNO2. The standard InChI is InChI=1S/C8H8BrNO2/c9-7-3-1-6(2-4-7)5-10-8(11)12/h1-4,10H,5H2,(H,11,12). The molecule has 64 valence electrons. The summed E-state index contributed by atoms with van der Waals surface area (Å²) in [6.07, 6.45) is -1.00. The molecule has 0 atom stereocenters. The van der Waals surface area contributed by atoms with E-state index in [0.29, 0.717) is 6.54 Å². The van der Waals surface area contributed by atoms with Gasteiger partial charge in [0.25, 0.3) is 0 Å². The largest absolute Gasteiger partial charge is 0.465 e. The normalized spacial score (nSPS) is 9.42. The van der Waals surface area contributed by atoms with Crippen molar-refractivity contribution in [3.63, 3.8) is 0 Å². The van der Waals surface area contributed by atoms with Gasteiger partial charge in [0.2, 0.25) is 0 Å². The third kappa shape index (κ3) is 2.92. The van der Waals surface area contributed by atoms with E-state index >= 15 is 0 Å². The summed E-state index contributed by atoms with van der Waals surface area (Å²) < 4.78 is 0.988. The fourth-order valence-corrected chi connectivity index (χ4v) is 1.04. The smallest absolute Gasteiger partial charge is 0.404 e. The molecule has 0 fully saturated rings. The van der Waals surface area contributed by atoms with Gasteiger partial charge in [0.15, 0.2) is 0 Å². The minimum Gasteiger partial charge on any atom is -0.465 e. The van der Waals surface area contributed by atoms with Crippen molar-refractivity contribution in [3.05, 3.63) is 34.3 Å². The number of hydrogen-bond acceptors (Lipinski definition) is 1. The van der Waals surface area contributed by atoms with E-state index in [-0.39, 0.29) is 0 Å². The van der Waals surface area contributed by atoms with Gasteiger partial charge in [-0.05, 0) is 17.7 Å². The monoisotopic (exact) mass is 229 g/mol. The molecule has 12 heavy (non-hydrogen) atoms. The molecule has 0 aliphatic rings. The zero-order valence-electron chi connectivity index (χ0n) is 6.25. The van der Waals surface area contributed by atoms with E-state index in [0.717, 1.165) is 10.0 Å². The van der Waals surface area contributed by atoms with Crippen molar-refractivity contribution in [1.82, 2.24) is 5.32 Å². The molecule has 0 bridgehead atoms. The Kier molecular flexibility index (Phi) is 3.10. The summed E-state index contributed by atoms with van der Waals surface area (Å²) in [7, 11) is 0. The van der Waals surface area contributed by atoms with Crippen molar-refractivity contribution in [2.75, 3.05) is 0 Å². The lowest BCUT2D eigenvalue weighted by Crippen LogP contribution is -2.19. The third-order valence-corrected chi connectivity index (χ3v) is 1.89. The van der Waals surface area contributed by atoms with Gasteiger partial charge in [-0.25, -0.2) is 4.79 Å². The SMILES string of the molecule is O=C(O)NCc1ccc(Br)cc1. The molecule has 0 aromatic heterocycles. The number of amides is 1. The van der Waals surface area contributed by atoms with Crippen LogP contribution in [0.2, 0.25) is 0 Å². The average Bonchev–Trinajstić information content (AvgIpc) is 2.03. The Bertz CT molecular complexity index is 271. The third-order valence-electron chi connectivity index (χ3n) is 1.36. The molecule has 1 rings (SSSR count). The van der Waals surface area contributed by atoms with Crippen LogP contribution in [-0.2, 0) is 6.54 Å². The van der Waals surface area contributed by atoms with Gasteiger partial charge < -0.3 is 10.4 Å². The van der Waals surface area contributed by atoms with Crippen LogP contribution in [0.25, 0.3) is 0 Å². The van der Waals surface area contributed by atoms with Crippen LogP contribution in [-0.4, -0.2) is 11.2 Å². The van der Waals surface area contributed by atoms with Gasteiger partial charge in [-0.15, -0.1) is 0 Å². The van der Waals surface area contributed by atoms with E-state index in [1.54, 1.807) is 0 Å². The Hall–Kier alpha value is -1.03. The summed E-state index contributed by atoms with van der Waals surface area (Å²) >= 11 is 3.29. The Labute approximate surface area is 78.5 Å². The van der Waals surface area contributed by atoms with Gasteiger partial charge in [-0.1, -0.05) is 28.1 Å². The molecule has 1 aromatic rings. The molecule has 0 spiro atoms. The van der Waals surface area contributed by atoms with Crippen LogP contribution in [0.5, 0.6) is 0 Å². The maximum Gasteiger partial charge on any atom is 0.404 e. The summed E-state index contributed by atoms with van der Waals surface area (Å²) in [6.45, 7) is 0.350. The van der Waals surface area contributed by atoms with Crippen molar-refractivity contribution in [2.24, 2.45) is 0 Å². The average molecular weight is 230 g/mol. The van der Waals surface area contributed by atoms with E-state index in [4.69, 9.17) is 5.11 Å². The quantitative estimate of drug-likeness (QED) is 0.818. The van der Waals surface area contributed by atoms with Gasteiger partial charge in [-0.3, -0.25) is 0 Å². The lowest BCUT2D eigenvalue weighted by molar-refractivity contribution is 0.194. The number of hydrogen-bond donors (Lipinski definition) is 2. The fraction of sp³-hybridized carbons (Fsp3) is 0.125. The van der Waals surface area contributed by atoms with E-state index in [1.165, 1.54) is 0 Å². The van der Waals surface area contributed by atoms with E-state index in [9.17, 15) is 4.79 Å². The number of carboxylic acid groups (broad SMARTS) is 1. The number of nitrogens with one attached hydrogen (secondary N) is 1. The van der Waals surface area contributed by atoms with Crippen molar-refractivity contribution < 1.29 is 9.90 Å². The fourth-order valence-electron chi connectivity index (χ4n) is 0.780. The summed E-state index contributed by atoms with van der Waals surface area (Å²) in [4.78, 5) is 10.1. The zero-order chi connectivity index (χ0) is 8.97. The second-order valence-corrected chi connectivity index (χ2v) is 3.20. The molecule has 0 saturated carbocycles. The van der Waals surface area contributed by atoms with Gasteiger partial charge >= 0.3 is 6.09 Å². The maximum absolute atomic E-state index is 10.1. The minimum absolute atomic E-state index is 0.350. The van der Waals surface area contributed by atoms with E-state index in [2.05, 4.69) is 21.2 Å². The van der Waals surface area contributed by atoms with Gasteiger partial charge in [0, 0.05) is 11.0 Å². The maximum atomic E-state index is 10.1. The predicted octanol–water partition coefficient (Wildman–Crippen LogP) is 2.22. The van der Waals surface area contributed by atoms with Crippen LogP contribution in [0.15, 0.2) is 28.7 Å². The van der Waals surface area contributed by atoms with Crippen molar-refractivity contribution in [3.8, 4) is 0 Å². The molecular weight excluding hydrogens is 222 g/mol. The number of carbonyl (C=O) groups is 1. The molecule has 1 aromatic carbocycles. The highest BCUT2D eigenvalue weighted by Crippen LogP contribution is 2.09. The van der Waals surface area contributed by atoms with Crippen molar-refractivity contribution in [2.45, 2.75) is 6.54 Å². The van der Waals surface area contributed by atoms with Gasteiger partial charge in [0.1, 0.15) is 0 Å². The first-order valence-electron chi connectivity index (χ1n) is 3.40. The topological polar surface area (TPSA) is 49.3 Å². The molecule has 1 amide bonds. The number of benzene rings is 1. The Morgan fingerprint density at radius 3 is 2.50 bits per heavy atom. The van der Waals surface area contributed by atoms with E-state index in [1.807, 2.05) is 24.3 Å². The zero-order valence-corrected chi connectivity index (χ0v) is 7.84. The Morgan fingerprint density at radius 2 is 2.00 bits per heavy atom. The molecule has 0 radical (unpaired) electrons. The molecule has 0 heterocycles.